The molecular weight excluding hydrogens is 362 g/mol. The Balaban J connectivity index is 1.58. The number of likely N-dealkylation sites (tertiary alicyclic amines) is 1. The summed E-state index contributed by atoms with van der Waals surface area (Å²) in [7, 11) is 0. The van der Waals surface area contributed by atoms with E-state index in [-0.39, 0.29) is 5.92 Å². The standard InChI is InChI=1S/C24H29N3O2/c1-16(2)8-20-7-6-18(10-21(20)11-25)4-5-19-9-17(3)23(26-12-19)15-27-13-22(14-27)24(28)29/h6-7,9-10,12,16,22H,4-5,8,13-15H2,1-3H3,(H,28,29). The fraction of sp³-hybridized carbons (Fsp3) is 0.458. The van der Waals surface area contributed by atoms with Gasteiger partial charge in [-0.25, -0.2) is 0 Å². The summed E-state index contributed by atoms with van der Waals surface area (Å²) in [4.78, 5) is 17.7. The third-order valence-electron chi connectivity index (χ3n) is 5.55. The van der Waals surface area contributed by atoms with Crippen LogP contribution in [0.3, 0.4) is 0 Å². The fourth-order valence-corrected chi connectivity index (χ4v) is 3.82. The predicted octanol–water partition coefficient (Wildman–Crippen LogP) is 3.76. The van der Waals surface area contributed by atoms with Crippen LogP contribution in [0.1, 0.15) is 47.4 Å². The van der Waals surface area contributed by atoms with Crippen LogP contribution in [-0.2, 0) is 30.6 Å². The van der Waals surface area contributed by atoms with E-state index in [4.69, 9.17) is 5.11 Å². The van der Waals surface area contributed by atoms with Crippen LogP contribution in [0, 0.1) is 30.1 Å². The molecule has 152 valence electrons. The largest absolute Gasteiger partial charge is 0.481 e. The molecule has 0 saturated carbocycles. The van der Waals surface area contributed by atoms with Gasteiger partial charge in [0.25, 0.3) is 0 Å². The molecule has 2 aromatic rings. The number of nitrogens with zero attached hydrogens (tertiary/aromatic N) is 3. The topological polar surface area (TPSA) is 77.2 Å². The summed E-state index contributed by atoms with van der Waals surface area (Å²) in [6.45, 7) is 8.31. The smallest absolute Gasteiger partial charge is 0.309 e. The Hall–Kier alpha value is -2.71. The molecule has 1 aromatic heterocycles. The summed E-state index contributed by atoms with van der Waals surface area (Å²) in [6.07, 6.45) is 4.62. The molecule has 29 heavy (non-hydrogen) atoms. The van der Waals surface area contributed by atoms with Crippen molar-refractivity contribution in [2.24, 2.45) is 11.8 Å². The maximum atomic E-state index is 10.9. The Morgan fingerprint density at radius 3 is 2.62 bits per heavy atom. The van der Waals surface area contributed by atoms with Crippen LogP contribution in [0.5, 0.6) is 0 Å². The third kappa shape index (κ3) is 5.42. The van der Waals surface area contributed by atoms with E-state index in [0.29, 0.717) is 25.6 Å². The predicted molar refractivity (Wildman–Crippen MR) is 112 cm³/mol. The first-order chi connectivity index (χ1) is 13.9. The molecule has 0 spiro atoms. The highest BCUT2D eigenvalue weighted by molar-refractivity contribution is 5.71. The monoisotopic (exact) mass is 391 g/mol. The van der Waals surface area contributed by atoms with Crippen molar-refractivity contribution in [2.75, 3.05) is 13.1 Å². The summed E-state index contributed by atoms with van der Waals surface area (Å²) < 4.78 is 0. The summed E-state index contributed by atoms with van der Waals surface area (Å²) in [5.41, 5.74) is 6.44. The van der Waals surface area contributed by atoms with E-state index in [2.05, 4.69) is 54.9 Å². The molecule has 2 heterocycles. The molecular formula is C24H29N3O2. The number of hydrogen-bond acceptors (Lipinski definition) is 4. The third-order valence-corrected chi connectivity index (χ3v) is 5.55. The quantitative estimate of drug-likeness (QED) is 0.741. The fourth-order valence-electron chi connectivity index (χ4n) is 3.82. The van der Waals surface area contributed by atoms with E-state index in [0.717, 1.165) is 41.6 Å². The SMILES string of the molecule is Cc1cc(CCc2ccc(CC(C)C)c(C#N)c2)cnc1CN1CC(C(=O)O)C1. The summed E-state index contributed by atoms with van der Waals surface area (Å²) >= 11 is 0. The Kier molecular flexibility index (Phi) is 6.66. The lowest BCUT2D eigenvalue weighted by Gasteiger charge is -2.36. The molecule has 1 aromatic carbocycles. The van der Waals surface area contributed by atoms with Crippen molar-refractivity contribution in [3.63, 3.8) is 0 Å². The van der Waals surface area contributed by atoms with Gasteiger partial charge in [0.05, 0.1) is 23.2 Å². The number of carboxylic acid groups (broad SMARTS) is 1. The van der Waals surface area contributed by atoms with Gasteiger partial charge in [0, 0.05) is 25.8 Å². The average Bonchev–Trinajstić information content (AvgIpc) is 2.64. The van der Waals surface area contributed by atoms with Gasteiger partial charge in [0.2, 0.25) is 0 Å². The van der Waals surface area contributed by atoms with Crippen LogP contribution in [0.25, 0.3) is 0 Å². The second kappa shape index (κ2) is 9.19. The van der Waals surface area contributed by atoms with Gasteiger partial charge in [-0.2, -0.15) is 5.26 Å². The van der Waals surface area contributed by atoms with Gasteiger partial charge in [0.1, 0.15) is 0 Å². The minimum absolute atomic E-state index is 0.236. The summed E-state index contributed by atoms with van der Waals surface area (Å²) in [6, 6.07) is 10.8. The Labute approximate surface area is 173 Å². The number of aryl methyl sites for hydroxylation is 3. The zero-order valence-electron chi connectivity index (χ0n) is 17.5. The molecule has 5 nitrogen and oxygen atoms in total. The lowest BCUT2D eigenvalue weighted by molar-refractivity contribution is -0.147. The lowest BCUT2D eigenvalue weighted by atomic mass is 9.95. The minimum Gasteiger partial charge on any atom is -0.481 e. The molecule has 0 amide bonds. The van der Waals surface area contributed by atoms with Crippen molar-refractivity contribution in [3.8, 4) is 6.07 Å². The highest BCUT2D eigenvalue weighted by Crippen LogP contribution is 2.21. The van der Waals surface area contributed by atoms with Crippen molar-refractivity contribution in [1.29, 1.82) is 5.26 Å². The van der Waals surface area contributed by atoms with E-state index in [1.165, 1.54) is 11.1 Å². The normalized spacial score (nSPS) is 14.6. The second-order valence-corrected chi connectivity index (χ2v) is 8.54. The van der Waals surface area contributed by atoms with Crippen LogP contribution in [0.2, 0.25) is 0 Å². The summed E-state index contributed by atoms with van der Waals surface area (Å²) in [5, 5.41) is 18.4. The van der Waals surface area contributed by atoms with Gasteiger partial charge >= 0.3 is 5.97 Å². The first-order valence-electron chi connectivity index (χ1n) is 10.3. The van der Waals surface area contributed by atoms with Gasteiger partial charge in [-0.05, 0) is 60.4 Å². The van der Waals surface area contributed by atoms with Gasteiger partial charge in [-0.3, -0.25) is 14.7 Å². The number of nitriles is 1. The second-order valence-electron chi connectivity index (χ2n) is 8.54. The van der Waals surface area contributed by atoms with Crippen molar-refractivity contribution in [3.05, 3.63) is 64.0 Å². The van der Waals surface area contributed by atoms with Crippen molar-refractivity contribution < 1.29 is 9.90 Å². The molecule has 1 saturated heterocycles. The first-order valence-corrected chi connectivity index (χ1v) is 10.3. The molecule has 1 aliphatic rings. The van der Waals surface area contributed by atoms with Crippen molar-refractivity contribution in [2.45, 2.75) is 46.6 Å². The number of carboxylic acids is 1. The van der Waals surface area contributed by atoms with Gasteiger partial charge < -0.3 is 5.11 Å². The molecule has 0 bridgehead atoms. The van der Waals surface area contributed by atoms with Crippen LogP contribution in [-0.4, -0.2) is 34.0 Å². The Morgan fingerprint density at radius 2 is 2.00 bits per heavy atom. The van der Waals surface area contributed by atoms with Gasteiger partial charge in [0.15, 0.2) is 0 Å². The van der Waals surface area contributed by atoms with E-state index in [9.17, 15) is 10.1 Å². The molecule has 1 N–H and O–H groups in total. The number of pyridine rings is 1. The van der Waals surface area contributed by atoms with E-state index >= 15 is 0 Å². The number of rotatable bonds is 8. The first kappa shape index (κ1) is 21.0. The molecule has 3 rings (SSSR count). The van der Waals surface area contributed by atoms with E-state index in [1.807, 2.05) is 12.3 Å². The molecule has 1 aliphatic heterocycles. The number of hydrogen-bond donors (Lipinski definition) is 1. The summed E-state index contributed by atoms with van der Waals surface area (Å²) in [5.74, 6) is -0.412. The van der Waals surface area contributed by atoms with Crippen molar-refractivity contribution in [1.82, 2.24) is 9.88 Å². The molecule has 0 unspecified atom stereocenters. The number of aromatic nitrogens is 1. The minimum atomic E-state index is -0.710. The van der Waals surface area contributed by atoms with Crippen molar-refractivity contribution >= 4 is 5.97 Å². The number of carbonyl (C=O) groups is 1. The molecule has 1 fully saturated rings. The molecule has 0 aliphatic carbocycles. The maximum Gasteiger partial charge on any atom is 0.309 e. The van der Waals surface area contributed by atoms with Crippen LogP contribution >= 0.6 is 0 Å². The van der Waals surface area contributed by atoms with Crippen LogP contribution < -0.4 is 0 Å². The molecule has 5 heteroatoms. The van der Waals surface area contributed by atoms with Gasteiger partial charge in [-0.15, -0.1) is 0 Å². The van der Waals surface area contributed by atoms with Crippen LogP contribution in [0.4, 0.5) is 0 Å². The van der Waals surface area contributed by atoms with E-state index in [1.54, 1.807) is 0 Å². The zero-order chi connectivity index (χ0) is 21.0. The van der Waals surface area contributed by atoms with Gasteiger partial charge in [-0.1, -0.05) is 32.0 Å². The molecule has 0 radical (unpaired) electrons. The maximum absolute atomic E-state index is 10.9. The Morgan fingerprint density at radius 1 is 1.28 bits per heavy atom. The van der Waals surface area contributed by atoms with E-state index < -0.39 is 5.97 Å². The van der Waals surface area contributed by atoms with Crippen LogP contribution in [0.15, 0.2) is 30.5 Å². The molecule has 0 atom stereocenters. The average molecular weight is 392 g/mol. The number of aliphatic carboxylic acids is 1. The lowest BCUT2D eigenvalue weighted by Crippen LogP contribution is -2.49. The highest BCUT2D eigenvalue weighted by atomic mass is 16.4. The highest BCUT2D eigenvalue weighted by Gasteiger charge is 2.32. The Bertz CT molecular complexity index is 924. The zero-order valence-corrected chi connectivity index (χ0v) is 17.5. The number of benzene rings is 1.